The van der Waals surface area contributed by atoms with E-state index in [1.165, 1.54) is 9.75 Å². The van der Waals surface area contributed by atoms with Gasteiger partial charge in [0.15, 0.2) is 0 Å². The molecule has 0 radical (unpaired) electrons. The molecule has 180 valence electrons. The fraction of sp³-hybridized carbons (Fsp3) is 0.640. The van der Waals surface area contributed by atoms with Gasteiger partial charge in [0.1, 0.15) is 0 Å². The largest absolute Gasteiger partial charge is 0.395 e. The van der Waals surface area contributed by atoms with E-state index in [2.05, 4.69) is 59.4 Å². The molecule has 1 aliphatic rings. The molecule has 1 saturated carbocycles. The smallest absolute Gasteiger partial charge is 0.220 e. The Morgan fingerprint density at radius 3 is 2.88 bits per heavy atom. The number of halogens is 1. The third kappa shape index (κ3) is 9.10. The van der Waals surface area contributed by atoms with E-state index in [0.29, 0.717) is 25.3 Å². The predicted molar refractivity (Wildman–Crippen MR) is 135 cm³/mol. The molecular formula is C25H38BrNO4S. The Morgan fingerprint density at radius 1 is 1.41 bits per heavy atom. The van der Waals surface area contributed by atoms with Gasteiger partial charge < -0.3 is 20.6 Å². The number of aliphatic hydroxyl groups excluding tert-OH is 3. The summed E-state index contributed by atoms with van der Waals surface area (Å²) in [6.07, 6.45) is 12.6. The summed E-state index contributed by atoms with van der Waals surface area (Å²) < 4.78 is 1.14. The van der Waals surface area contributed by atoms with E-state index >= 15 is 0 Å². The second kappa shape index (κ2) is 14.3. The Kier molecular flexibility index (Phi) is 12.2. The molecule has 1 amide bonds. The molecule has 1 aromatic heterocycles. The third-order valence-corrected chi connectivity index (χ3v) is 8.39. The lowest BCUT2D eigenvalue weighted by Crippen LogP contribution is -2.25. The number of hydrogen-bond donors (Lipinski definition) is 4. The number of allylic oxidation sites excluding steroid dienone is 3. The van der Waals surface area contributed by atoms with Crippen molar-refractivity contribution in [1.29, 1.82) is 0 Å². The number of thiophene rings is 1. The van der Waals surface area contributed by atoms with Crippen molar-refractivity contribution in [2.24, 2.45) is 17.8 Å². The number of aliphatic hydroxyl groups is 3. The summed E-state index contributed by atoms with van der Waals surface area (Å²) in [5, 5.41) is 32.3. The molecule has 0 bridgehead atoms. The Balaban J connectivity index is 1.77. The summed E-state index contributed by atoms with van der Waals surface area (Å²) in [4.78, 5) is 14.1. The molecule has 32 heavy (non-hydrogen) atoms. The van der Waals surface area contributed by atoms with E-state index in [1.54, 1.807) is 11.3 Å². The van der Waals surface area contributed by atoms with Gasteiger partial charge >= 0.3 is 0 Å². The van der Waals surface area contributed by atoms with Gasteiger partial charge in [0.25, 0.3) is 0 Å². The number of hydrogen-bond acceptors (Lipinski definition) is 5. The van der Waals surface area contributed by atoms with Gasteiger partial charge in [-0.3, -0.25) is 4.79 Å². The minimum Gasteiger partial charge on any atom is -0.395 e. The molecule has 1 aromatic rings. The van der Waals surface area contributed by atoms with Crippen LogP contribution in [0.1, 0.15) is 55.2 Å². The van der Waals surface area contributed by atoms with Crippen LogP contribution in [0.2, 0.25) is 0 Å². The van der Waals surface area contributed by atoms with Gasteiger partial charge in [-0.25, -0.2) is 0 Å². The average molecular weight is 529 g/mol. The summed E-state index contributed by atoms with van der Waals surface area (Å²) in [5.74, 6) is 0.774. The second-order valence-corrected chi connectivity index (χ2v) is 11.0. The Labute approximate surface area is 204 Å². The lowest BCUT2D eigenvalue weighted by molar-refractivity contribution is -0.121. The summed E-state index contributed by atoms with van der Waals surface area (Å²) in [7, 11) is 0. The molecule has 0 spiro atoms. The summed E-state index contributed by atoms with van der Waals surface area (Å²) in [5.41, 5.74) is 0. The first kappa shape index (κ1) is 27.3. The maximum absolute atomic E-state index is 11.5. The molecule has 5 atom stereocenters. The Bertz CT molecular complexity index is 744. The lowest BCUT2D eigenvalue weighted by Gasteiger charge is -2.20. The third-order valence-electron chi connectivity index (χ3n) is 6.19. The molecule has 7 heteroatoms. The van der Waals surface area contributed by atoms with Crippen LogP contribution in [0.15, 0.2) is 34.8 Å². The zero-order valence-corrected chi connectivity index (χ0v) is 21.6. The van der Waals surface area contributed by atoms with Crippen molar-refractivity contribution < 1.29 is 20.1 Å². The van der Waals surface area contributed by atoms with E-state index in [1.807, 2.05) is 6.08 Å². The highest BCUT2D eigenvalue weighted by Crippen LogP contribution is 2.40. The highest BCUT2D eigenvalue weighted by molar-refractivity contribution is 9.10. The van der Waals surface area contributed by atoms with Crippen molar-refractivity contribution in [3.05, 3.63) is 44.6 Å². The van der Waals surface area contributed by atoms with Crippen LogP contribution < -0.4 is 5.32 Å². The van der Waals surface area contributed by atoms with Gasteiger partial charge in [0.05, 0.1) is 18.8 Å². The standard InChI is InChI=1S/C25H38BrNO4S/c1-17-15-24(30)22(7-5-3-4-6-8-25(31)27-13-14-28)21(17)12-10-19(29)9-11-20-16-23(26)18(2)32-20/h3,5,10,12,16-17,19,21-22,24,28-30H,4,6-9,11,13-15H2,1-2H3,(H,27,31)/t17?,19-,21-,22+,24?/m0/s1. The SMILES string of the molecule is Cc1sc(CC[C@H](O)C=C[C@H]2C(C)CC(O)[C@@H]2CC=CCCCC(=O)NCCO)cc1Br. The number of aryl methyl sites for hydroxylation is 2. The average Bonchev–Trinajstić information content (AvgIpc) is 3.22. The molecule has 0 aliphatic heterocycles. The first-order chi connectivity index (χ1) is 15.3. The van der Waals surface area contributed by atoms with E-state index in [-0.39, 0.29) is 30.5 Å². The monoisotopic (exact) mass is 527 g/mol. The molecule has 2 unspecified atom stereocenters. The number of unbranched alkanes of at least 4 members (excludes halogenated alkanes) is 1. The normalized spacial score (nSPS) is 24.6. The summed E-state index contributed by atoms with van der Waals surface area (Å²) in [6.45, 7) is 4.53. The number of amides is 1. The van der Waals surface area contributed by atoms with E-state index in [9.17, 15) is 15.0 Å². The highest BCUT2D eigenvalue weighted by Gasteiger charge is 2.37. The predicted octanol–water partition coefficient (Wildman–Crippen LogP) is 4.53. The molecule has 4 N–H and O–H groups in total. The quantitative estimate of drug-likeness (QED) is 0.224. The van der Waals surface area contributed by atoms with Crippen molar-refractivity contribution in [1.82, 2.24) is 5.32 Å². The van der Waals surface area contributed by atoms with Crippen molar-refractivity contribution in [2.45, 2.75) is 71.0 Å². The maximum Gasteiger partial charge on any atom is 0.220 e. The summed E-state index contributed by atoms with van der Waals surface area (Å²) in [6, 6.07) is 2.13. The minimum atomic E-state index is -0.478. The topological polar surface area (TPSA) is 89.8 Å². The van der Waals surface area contributed by atoms with Crippen LogP contribution in [0.4, 0.5) is 0 Å². The molecule has 2 rings (SSSR count). The van der Waals surface area contributed by atoms with Gasteiger partial charge in [0, 0.05) is 27.2 Å². The van der Waals surface area contributed by atoms with Crippen LogP contribution in [0, 0.1) is 24.7 Å². The van der Waals surface area contributed by atoms with Crippen molar-refractivity contribution >= 4 is 33.2 Å². The van der Waals surface area contributed by atoms with E-state index < -0.39 is 6.10 Å². The lowest BCUT2D eigenvalue weighted by atomic mass is 9.86. The van der Waals surface area contributed by atoms with Crippen molar-refractivity contribution in [3.8, 4) is 0 Å². The molecule has 5 nitrogen and oxygen atoms in total. The van der Waals surface area contributed by atoms with Crippen molar-refractivity contribution in [2.75, 3.05) is 13.2 Å². The Morgan fingerprint density at radius 2 is 2.19 bits per heavy atom. The van der Waals surface area contributed by atoms with Crippen molar-refractivity contribution in [3.63, 3.8) is 0 Å². The number of carbonyl (C=O) groups is 1. The second-order valence-electron chi connectivity index (χ2n) is 8.80. The molecule has 1 fully saturated rings. The van der Waals surface area contributed by atoms with Gasteiger partial charge in [-0.2, -0.15) is 0 Å². The number of carbonyl (C=O) groups excluding carboxylic acids is 1. The van der Waals surface area contributed by atoms with E-state index in [4.69, 9.17) is 5.11 Å². The van der Waals surface area contributed by atoms with Gasteiger partial charge in [-0.1, -0.05) is 31.2 Å². The van der Waals surface area contributed by atoms with Gasteiger partial charge in [0.2, 0.25) is 5.91 Å². The zero-order valence-electron chi connectivity index (χ0n) is 19.2. The molecule has 0 aromatic carbocycles. The van der Waals surface area contributed by atoms with Gasteiger partial charge in [-0.15, -0.1) is 11.3 Å². The molecule has 1 aliphatic carbocycles. The summed E-state index contributed by atoms with van der Waals surface area (Å²) >= 11 is 5.31. The fourth-order valence-electron chi connectivity index (χ4n) is 4.36. The maximum atomic E-state index is 11.5. The number of nitrogens with one attached hydrogen (secondary N) is 1. The fourth-order valence-corrected chi connectivity index (χ4v) is 5.97. The van der Waals surface area contributed by atoms with Crippen LogP contribution in [-0.2, 0) is 11.2 Å². The van der Waals surface area contributed by atoms with Crippen LogP contribution in [-0.4, -0.2) is 46.6 Å². The van der Waals surface area contributed by atoms with Crippen LogP contribution in [0.25, 0.3) is 0 Å². The first-order valence-electron chi connectivity index (χ1n) is 11.6. The minimum absolute atomic E-state index is 0.0295. The Hall–Kier alpha value is -0.990. The van der Waals surface area contributed by atoms with Crippen LogP contribution in [0.3, 0.4) is 0 Å². The molecule has 1 heterocycles. The van der Waals surface area contributed by atoms with Crippen LogP contribution >= 0.6 is 27.3 Å². The molecule has 0 saturated heterocycles. The van der Waals surface area contributed by atoms with Crippen LogP contribution in [0.5, 0.6) is 0 Å². The van der Waals surface area contributed by atoms with E-state index in [0.717, 1.165) is 36.6 Å². The number of rotatable bonds is 13. The highest BCUT2D eigenvalue weighted by atomic mass is 79.9. The first-order valence-corrected chi connectivity index (χ1v) is 13.2. The zero-order chi connectivity index (χ0) is 23.5. The van der Waals surface area contributed by atoms with Gasteiger partial charge in [-0.05, 0) is 85.2 Å². The molecular weight excluding hydrogens is 490 g/mol.